The number of hydrogen-bond donors (Lipinski definition) is 2. The van der Waals surface area contributed by atoms with Crippen LogP contribution >= 0.6 is 23.8 Å². The SMILES string of the molecule is CCC(COC)Nc1ccc(C(N)=S)cc1Cl. The number of methoxy groups -OCH3 is 1. The molecule has 0 saturated heterocycles. The van der Waals surface area contributed by atoms with Crippen molar-refractivity contribution in [3.05, 3.63) is 28.8 Å². The molecule has 0 fully saturated rings. The zero-order chi connectivity index (χ0) is 12.8. The summed E-state index contributed by atoms with van der Waals surface area (Å²) >= 11 is 11.1. The molecular formula is C12H17ClN2OS. The van der Waals surface area contributed by atoms with Crippen LogP contribution in [0.25, 0.3) is 0 Å². The highest BCUT2D eigenvalue weighted by atomic mass is 35.5. The Hall–Kier alpha value is -0.840. The number of thiocarbonyl (C=S) groups is 1. The van der Waals surface area contributed by atoms with Crippen molar-refractivity contribution in [2.24, 2.45) is 5.73 Å². The minimum atomic E-state index is 0.244. The van der Waals surface area contributed by atoms with E-state index in [1.165, 1.54) is 0 Å². The molecule has 0 amide bonds. The predicted octanol–water partition coefficient (Wildman–Crippen LogP) is 2.81. The maximum absolute atomic E-state index is 6.16. The molecule has 94 valence electrons. The molecule has 17 heavy (non-hydrogen) atoms. The third-order valence-electron chi connectivity index (χ3n) is 2.47. The Balaban J connectivity index is 2.81. The van der Waals surface area contributed by atoms with Gasteiger partial charge < -0.3 is 15.8 Å². The molecule has 0 saturated carbocycles. The zero-order valence-electron chi connectivity index (χ0n) is 10.00. The van der Waals surface area contributed by atoms with Crippen molar-refractivity contribution in [1.82, 2.24) is 0 Å². The molecule has 0 aliphatic rings. The first-order chi connectivity index (χ1) is 8.08. The highest BCUT2D eigenvalue weighted by Gasteiger charge is 2.09. The molecule has 0 heterocycles. The lowest BCUT2D eigenvalue weighted by atomic mass is 10.1. The van der Waals surface area contributed by atoms with Crippen LogP contribution in [-0.4, -0.2) is 24.7 Å². The van der Waals surface area contributed by atoms with E-state index in [1.54, 1.807) is 13.2 Å². The summed E-state index contributed by atoms with van der Waals surface area (Å²) in [7, 11) is 1.68. The van der Waals surface area contributed by atoms with Gasteiger partial charge in [0.05, 0.1) is 17.3 Å². The van der Waals surface area contributed by atoms with E-state index in [1.807, 2.05) is 12.1 Å². The molecule has 1 rings (SSSR count). The average molecular weight is 273 g/mol. The van der Waals surface area contributed by atoms with Crippen molar-refractivity contribution >= 4 is 34.5 Å². The number of rotatable bonds is 6. The fourth-order valence-electron chi connectivity index (χ4n) is 1.47. The molecule has 3 nitrogen and oxygen atoms in total. The Bertz CT molecular complexity index is 398. The highest BCUT2D eigenvalue weighted by molar-refractivity contribution is 7.80. The van der Waals surface area contributed by atoms with Gasteiger partial charge in [-0.3, -0.25) is 0 Å². The second-order valence-electron chi connectivity index (χ2n) is 3.76. The Kier molecular flexibility index (Phi) is 5.68. The first kappa shape index (κ1) is 14.2. The van der Waals surface area contributed by atoms with Crippen molar-refractivity contribution in [2.75, 3.05) is 19.0 Å². The number of anilines is 1. The monoisotopic (exact) mass is 272 g/mol. The maximum Gasteiger partial charge on any atom is 0.104 e. The zero-order valence-corrected chi connectivity index (χ0v) is 11.6. The summed E-state index contributed by atoms with van der Waals surface area (Å²) in [4.78, 5) is 0.349. The van der Waals surface area contributed by atoms with Crippen molar-refractivity contribution in [1.29, 1.82) is 0 Å². The van der Waals surface area contributed by atoms with E-state index in [2.05, 4.69) is 12.2 Å². The number of benzene rings is 1. The van der Waals surface area contributed by atoms with Gasteiger partial charge in [-0.15, -0.1) is 0 Å². The van der Waals surface area contributed by atoms with Crippen LogP contribution in [-0.2, 0) is 4.74 Å². The minimum absolute atomic E-state index is 0.244. The third kappa shape index (κ3) is 4.15. The van der Waals surface area contributed by atoms with Crippen LogP contribution in [0, 0.1) is 0 Å². The van der Waals surface area contributed by atoms with E-state index in [9.17, 15) is 0 Å². The van der Waals surface area contributed by atoms with Crippen LogP contribution in [0.3, 0.4) is 0 Å². The van der Waals surface area contributed by atoms with Gasteiger partial charge in [-0.25, -0.2) is 0 Å². The Morgan fingerprint density at radius 2 is 2.29 bits per heavy atom. The standard InChI is InChI=1S/C12H17ClN2OS/c1-3-9(7-16-2)15-11-5-4-8(12(14)17)6-10(11)13/h4-6,9,15H,3,7H2,1-2H3,(H2,14,17). The topological polar surface area (TPSA) is 47.3 Å². The van der Waals surface area contributed by atoms with Gasteiger partial charge in [0.15, 0.2) is 0 Å². The Morgan fingerprint density at radius 1 is 1.59 bits per heavy atom. The lowest BCUT2D eigenvalue weighted by Crippen LogP contribution is -2.24. The molecule has 0 bridgehead atoms. The Morgan fingerprint density at radius 3 is 2.76 bits per heavy atom. The summed E-state index contributed by atoms with van der Waals surface area (Å²) in [5, 5.41) is 3.94. The summed E-state index contributed by atoms with van der Waals surface area (Å²) < 4.78 is 5.12. The van der Waals surface area contributed by atoms with E-state index >= 15 is 0 Å². The van der Waals surface area contributed by atoms with Crippen LogP contribution in [0.15, 0.2) is 18.2 Å². The van der Waals surface area contributed by atoms with Crippen molar-refractivity contribution in [2.45, 2.75) is 19.4 Å². The van der Waals surface area contributed by atoms with E-state index < -0.39 is 0 Å². The van der Waals surface area contributed by atoms with Crippen molar-refractivity contribution in [3.8, 4) is 0 Å². The number of nitrogens with one attached hydrogen (secondary N) is 1. The molecule has 0 aliphatic carbocycles. The quantitative estimate of drug-likeness (QED) is 0.782. The van der Waals surface area contributed by atoms with Crippen LogP contribution < -0.4 is 11.1 Å². The second-order valence-corrected chi connectivity index (χ2v) is 4.61. The molecule has 5 heteroatoms. The van der Waals surface area contributed by atoms with Gasteiger partial charge in [0.1, 0.15) is 4.99 Å². The van der Waals surface area contributed by atoms with E-state index in [4.69, 9.17) is 34.3 Å². The minimum Gasteiger partial charge on any atom is -0.389 e. The van der Waals surface area contributed by atoms with Crippen molar-refractivity contribution < 1.29 is 4.74 Å². The van der Waals surface area contributed by atoms with Crippen LogP contribution in [0.1, 0.15) is 18.9 Å². The largest absolute Gasteiger partial charge is 0.389 e. The molecule has 3 N–H and O–H groups in total. The average Bonchev–Trinajstić information content (AvgIpc) is 2.30. The maximum atomic E-state index is 6.16. The summed E-state index contributed by atoms with van der Waals surface area (Å²) in [6, 6.07) is 5.75. The number of hydrogen-bond acceptors (Lipinski definition) is 3. The van der Waals surface area contributed by atoms with Gasteiger partial charge in [-0.1, -0.05) is 30.7 Å². The smallest absolute Gasteiger partial charge is 0.104 e. The van der Waals surface area contributed by atoms with E-state index in [0.717, 1.165) is 17.7 Å². The highest BCUT2D eigenvalue weighted by Crippen LogP contribution is 2.24. The van der Waals surface area contributed by atoms with Gasteiger partial charge in [-0.2, -0.15) is 0 Å². The third-order valence-corrected chi connectivity index (χ3v) is 3.02. The van der Waals surface area contributed by atoms with E-state index in [-0.39, 0.29) is 6.04 Å². The summed E-state index contributed by atoms with van der Waals surface area (Å²) in [5.41, 5.74) is 7.18. The van der Waals surface area contributed by atoms with Gasteiger partial charge in [0.25, 0.3) is 0 Å². The molecule has 0 aromatic heterocycles. The molecule has 1 atom stereocenters. The first-order valence-corrected chi connectivity index (χ1v) is 6.22. The van der Waals surface area contributed by atoms with Crippen LogP contribution in [0.2, 0.25) is 5.02 Å². The molecule has 0 radical (unpaired) electrons. The lowest BCUT2D eigenvalue weighted by Gasteiger charge is -2.18. The second kappa shape index (κ2) is 6.79. The molecule has 0 spiro atoms. The molecular weight excluding hydrogens is 256 g/mol. The lowest BCUT2D eigenvalue weighted by molar-refractivity contribution is 0.184. The summed E-state index contributed by atoms with van der Waals surface area (Å²) in [6.07, 6.45) is 0.960. The number of ether oxygens (including phenoxy) is 1. The molecule has 0 aliphatic heterocycles. The van der Waals surface area contributed by atoms with Crippen LogP contribution in [0.4, 0.5) is 5.69 Å². The molecule has 1 unspecified atom stereocenters. The van der Waals surface area contributed by atoms with Crippen LogP contribution in [0.5, 0.6) is 0 Å². The molecule has 1 aromatic carbocycles. The molecule has 1 aromatic rings. The fourth-order valence-corrected chi connectivity index (χ4v) is 1.83. The van der Waals surface area contributed by atoms with Gasteiger partial charge in [0, 0.05) is 18.7 Å². The van der Waals surface area contributed by atoms with E-state index in [0.29, 0.717) is 16.6 Å². The summed E-state index contributed by atoms with van der Waals surface area (Å²) in [6.45, 7) is 2.73. The van der Waals surface area contributed by atoms with Crippen molar-refractivity contribution in [3.63, 3.8) is 0 Å². The predicted molar refractivity (Wildman–Crippen MR) is 76.9 cm³/mol. The van der Waals surface area contributed by atoms with Gasteiger partial charge in [-0.05, 0) is 24.6 Å². The fraction of sp³-hybridized carbons (Fsp3) is 0.417. The van der Waals surface area contributed by atoms with Gasteiger partial charge >= 0.3 is 0 Å². The number of halogens is 1. The normalized spacial score (nSPS) is 12.2. The Labute approximate surface area is 112 Å². The van der Waals surface area contributed by atoms with Gasteiger partial charge in [0.2, 0.25) is 0 Å². The first-order valence-electron chi connectivity index (χ1n) is 5.43. The summed E-state index contributed by atoms with van der Waals surface area (Å²) in [5.74, 6) is 0. The number of nitrogens with two attached hydrogens (primary N) is 1.